The fourth-order valence-electron chi connectivity index (χ4n) is 4.18. The van der Waals surface area contributed by atoms with Gasteiger partial charge in [0.1, 0.15) is 11.4 Å². The van der Waals surface area contributed by atoms with Crippen LogP contribution in [0.2, 0.25) is 0 Å². The molecule has 2 aromatic heterocycles. The first-order chi connectivity index (χ1) is 15.4. The van der Waals surface area contributed by atoms with Gasteiger partial charge in [-0.3, -0.25) is 14.5 Å². The van der Waals surface area contributed by atoms with Crippen LogP contribution in [0.3, 0.4) is 0 Å². The molecule has 1 aliphatic heterocycles. The van der Waals surface area contributed by atoms with Gasteiger partial charge in [-0.15, -0.1) is 0 Å². The first kappa shape index (κ1) is 19.5. The first-order valence-electron chi connectivity index (χ1n) is 9.96. The number of rotatable bonds is 4. The number of aromatic nitrogens is 3. The maximum Gasteiger partial charge on any atom is 0.335 e. The Morgan fingerprint density at radius 1 is 1.19 bits per heavy atom. The lowest BCUT2D eigenvalue weighted by molar-refractivity contribution is 0.0695. The molecule has 158 valence electrons. The summed E-state index contributed by atoms with van der Waals surface area (Å²) in [6, 6.07) is 6.08. The number of nitrogens with zero attached hydrogens (tertiary/aromatic N) is 4. The minimum atomic E-state index is -0.967. The molecule has 0 fully saturated rings. The zero-order chi connectivity index (χ0) is 22.4. The number of amides is 2. The second-order valence-corrected chi connectivity index (χ2v) is 7.56. The van der Waals surface area contributed by atoms with Crippen LogP contribution in [0, 0.1) is 6.92 Å². The normalized spacial score (nSPS) is 16.0. The van der Waals surface area contributed by atoms with Gasteiger partial charge in [0.2, 0.25) is 0 Å². The van der Waals surface area contributed by atoms with E-state index in [9.17, 15) is 19.5 Å². The number of hydrogen-bond donors (Lipinski definition) is 2. The second-order valence-electron chi connectivity index (χ2n) is 7.56. The van der Waals surface area contributed by atoms with E-state index in [1.54, 1.807) is 25.1 Å². The van der Waals surface area contributed by atoms with Crippen molar-refractivity contribution in [2.45, 2.75) is 25.8 Å². The number of hydrogen-bond acceptors (Lipinski definition) is 5. The zero-order valence-corrected chi connectivity index (χ0v) is 17.0. The molecule has 0 spiro atoms. The van der Waals surface area contributed by atoms with Crippen molar-refractivity contribution >= 4 is 23.4 Å². The van der Waals surface area contributed by atoms with Crippen molar-refractivity contribution in [1.82, 2.24) is 24.8 Å². The number of benzene rings is 1. The highest BCUT2D eigenvalue weighted by atomic mass is 16.4. The fourth-order valence-corrected chi connectivity index (χ4v) is 4.18. The van der Waals surface area contributed by atoms with Crippen molar-refractivity contribution < 1.29 is 19.5 Å². The lowest BCUT2D eigenvalue weighted by atomic mass is 9.98. The summed E-state index contributed by atoms with van der Waals surface area (Å²) in [6.07, 6.45) is 5.71. The molecule has 2 amide bonds. The topological polar surface area (TPSA) is 117 Å². The van der Waals surface area contributed by atoms with E-state index in [2.05, 4.69) is 26.9 Å². The Balaban J connectivity index is 1.47. The van der Waals surface area contributed by atoms with Crippen LogP contribution in [0.1, 0.15) is 60.5 Å². The van der Waals surface area contributed by atoms with Crippen LogP contribution in [-0.2, 0) is 6.42 Å². The highest BCUT2D eigenvalue weighted by Gasteiger charge is 2.29. The molecule has 1 atom stereocenters. The number of carboxylic acid groups (broad SMARTS) is 1. The molecule has 2 aliphatic rings. The Morgan fingerprint density at radius 2 is 1.97 bits per heavy atom. The zero-order valence-electron chi connectivity index (χ0n) is 17.0. The van der Waals surface area contributed by atoms with Gasteiger partial charge in [0.15, 0.2) is 5.65 Å². The SMILES string of the molecule is Cc1c(C(=O)O)ccc2c1CC[C@@H]2NC(=O)c1cc(C(=O)N2C=C=C=C2)nc2ccnn12. The van der Waals surface area contributed by atoms with E-state index in [1.165, 1.54) is 34.1 Å². The molecule has 0 unspecified atom stereocenters. The van der Waals surface area contributed by atoms with Crippen LogP contribution >= 0.6 is 0 Å². The van der Waals surface area contributed by atoms with Gasteiger partial charge in [0.05, 0.1) is 30.2 Å². The van der Waals surface area contributed by atoms with Gasteiger partial charge >= 0.3 is 5.97 Å². The summed E-state index contributed by atoms with van der Waals surface area (Å²) in [5.74, 6) is -1.78. The molecule has 5 rings (SSSR count). The van der Waals surface area contributed by atoms with Crippen LogP contribution in [0.5, 0.6) is 0 Å². The molecule has 3 heterocycles. The van der Waals surface area contributed by atoms with Gasteiger partial charge in [0, 0.05) is 12.1 Å². The lowest BCUT2D eigenvalue weighted by Crippen LogP contribution is -2.30. The highest BCUT2D eigenvalue weighted by molar-refractivity contribution is 5.99. The maximum atomic E-state index is 13.2. The van der Waals surface area contributed by atoms with E-state index in [0.29, 0.717) is 18.5 Å². The summed E-state index contributed by atoms with van der Waals surface area (Å²) in [5, 5.41) is 16.5. The molecule has 0 bridgehead atoms. The molecule has 0 radical (unpaired) electrons. The van der Waals surface area contributed by atoms with Crippen LogP contribution < -0.4 is 5.32 Å². The number of fused-ring (bicyclic) bond motifs is 2. The molecule has 1 aromatic carbocycles. The molecular weight excluding hydrogens is 410 g/mol. The number of carbonyl (C=O) groups is 3. The van der Waals surface area contributed by atoms with Crippen molar-refractivity contribution in [3.8, 4) is 0 Å². The molecule has 0 saturated carbocycles. The highest BCUT2D eigenvalue weighted by Crippen LogP contribution is 2.35. The fraction of sp³-hybridized carbons (Fsp3) is 0.174. The van der Waals surface area contributed by atoms with Crippen LogP contribution in [0.15, 0.2) is 54.3 Å². The van der Waals surface area contributed by atoms with E-state index in [1.807, 2.05) is 0 Å². The van der Waals surface area contributed by atoms with E-state index in [0.717, 1.165) is 16.7 Å². The van der Waals surface area contributed by atoms with Gasteiger partial charge in [-0.1, -0.05) is 17.5 Å². The minimum Gasteiger partial charge on any atom is -0.478 e. The number of aromatic carboxylic acids is 1. The van der Waals surface area contributed by atoms with Crippen LogP contribution in [0.4, 0.5) is 0 Å². The molecule has 9 heteroatoms. The molecule has 0 saturated heterocycles. The molecule has 3 aromatic rings. The van der Waals surface area contributed by atoms with E-state index in [-0.39, 0.29) is 23.0 Å². The number of carboxylic acids is 1. The molecule has 9 nitrogen and oxygen atoms in total. The maximum absolute atomic E-state index is 13.2. The molecular formula is C23H17N5O4. The standard InChI is InChI=1S/C23H17N5O4/c1-13-14-6-7-17(16(14)5-4-15(13)23(31)32)26-21(29)19-12-18(22(30)27-10-2-3-11-27)25-20-8-9-24-28(19)20/h4-5,8-12,17H,6-7H2,1H3,(H,26,29)(H,31,32)/t17-/m0/s1. The third-order valence-corrected chi connectivity index (χ3v) is 5.77. The van der Waals surface area contributed by atoms with Gasteiger partial charge < -0.3 is 10.4 Å². The van der Waals surface area contributed by atoms with Crippen molar-refractivity contribution in [3.63, 3.8) is 0 Å². The average Bonchev–Trinajstić information content (AvgIpc) is 3.53. The minimum absolute atomic E-state index is 0.0925. The van der Waals surface area contributed by atoms with Gasteiger partial charge in [-0.2, -0.15) is 5.10 Å². The summed E-state index contributed by atoms with van der Waals surface area (Å²) in [7, 11) is 0. The Morgan fingerprint density at radius 3 is 2.72 bits per heavy atom. The third-order valence-electron chi connectivity index (χ3n) is 5.77. The van der Waals surface area contributed by atoms with E-state index < -0.39 is 17.8 Å². The first-order valence-corrected chi connectivity index (χ1v) is 9.96. The van der Waals surface area contributed by atoms with Crippen molar-refractivity contribution in [3.05, 3.63) is 88.0 Å². The predicted molar refractivity (Wildman–Crippen MR) is 112 cm³/mol. The van der Waals surface area contributed by atoms with Gasteiger partial charge in [-0.05, 0) is 42.5 Å². The monoisotopic (exact) mass is 427 g/mol. The summed E-state index contributed by atoms with van der Waals surface area (Å²) >= 11 is 0. The third kappa shape index (κ3) is 3.09. The Hall–Kier alpha value is -4.45. The van der Waals surface area contributed by atoms with E-state index >= 15 is 0 Å². The number of nitrogens with one attached hydrogen (secondary N) is 1. The Bertz CT molecular complexity index is 1410. The molecule has 32 heavy (non-hydrogen) atoms. The quantitative estimate of drug-likeness (QED) is 0.618. The van der Waals surface area contributed by atoms with Crippen molar-refractivity contribution in [2.75, 3.05) is 0 Å². The number of carbonyl (C=O) groups excluding carboxylic acids is 2. The van der Waals surface area contributed by atoms with E-state index in [4.69, 9.17) is 0 Å². The molecule has 2 N–H and O–H groups in total. The van der Waals surface area contributed by atoms with Crippen molar-refractivity contribution in [2.24, 2.45) is 0 Å². The van der Waals surface area contributed by atoms with Gasteiger partial charge in [-0.25, -0.2) is 14.3 Å². The lowest BCUT2D eigenvalue weighted by Gasteiger charge is -2.16. The summed E-state index contributed by atoms with van der Waals surface area (Å²) < 4.78 is 1.38. The second kappa shape index (κ2) is 7.35. The average molecular weight is 427 g/mol. The Labute approximate surface area is 182 Å². The Kier molecular flexibility index (Phi) is 4.48. The van der Waals surface area contributed by atoms with Gasteiger partial charge in [0.25, 0.3) is 11.8 Å². The predicted octanol–water partition coefficient (Wildman–Crippen LogP) is 2.39. The van der Waals surface area contributed by atoms with Crippen LogP contribution in [-0.4, -0.2) is 42.4 Å². The summed E-state index contributed by atoms with van der Waals surface area (Å²) in [5.41, 5.74) is 8.84. The van der Waals surface area contributed by atoms with Crippen LogP contribution in [0.25, 0.3) is 5.65 Å². The summed E-state index contributed by atoms with van der Waals surface area (Å²) in [4.78, 5) is 43.0. The smallest absolute Gasteiger partial charge is 0.335 e. The molecule has 1 aliphatic carbocycles. The van der Waals surface area contributed by atoms with Crippen molar-refractivity contribution in [1.29, 1.82) is 0 Å². The largest absolute Gasteiger partial charge is 0.478 e. The summed E-state index contributed by atoms with van der Waals surface area (Å²) in [6.45, 7) is 1.79.